The van der Waals surface area contributed by atoms with E-state index in [0.717, 1.165) is 55.5 Å². The van der Waals surface area contributed by atoms with Gasteiger partial charge in [-0.05, 0) is 100.0 Å². The van der Waals surface area contributed by atoms with Crippen LogP contribution in [0.5, 0.6) is 5.75 Å². The Morgan fingerprint density at radius 3 is 2.31 bits per heavy atom. The number of nitrogens with zero attached hydrogens (tertiary/aromatic N) is 4. The van der Waals surface area contributed by atoms with Crippen LogP contribution in [0.3, 0.4) is 0 Å². The van der Waals surface area contributed by atoms with Crippen molar-refractivity contribution in [2.45, 2.75) is 96.7 Å². The third kappa shape index (κ3) is 8.77. The number of likely N-dealkylation sites (tertiary alicyclic amines) is 1. The molecular weight excluding hydrogens is 650 g/mol. The van der Waals surface area contributed by atoms with Crippen LogP contribution in [0.15, 0.2) is 36.4 Å². The minimum Gasteiger partial charge on any atom is -0.507 e. The molecule has 12 nitrogen and oxygen atoms in total. The van der Waals surface area contributed by atoms with E-state index >= 15 is 0 Å². The summed E-state index contributed by atoms with van der Waals surface area (Å²) < 4.78 is 11.2. The van der Waals surface area contributed by atoms with Gasteiger partial charge in [0.15, 0.2) is 6.10 Å². The summed E-state index contributed by atoms with van der Waals surface area (Å²) in [5.41, 5.74) is 4.19. The number of carbonyl (C=O) groups is 4. The van der Waals surface area contributed by atoms with Crippen molar-refractivity contribution < 1.29 is 33.8 Å². The molecule has 2 saturated heterocycles. The number of aryl methyl sites for hydroxylation is 2. The van der Waals surface area contributed by atoms with Crippen LogP contribution in [-0.4, -0.2) is 113 Å². The molecule has 0 unspecified atom stereocenters. The molecule has 12 heteroatoms. The first-order valence-electron chi connectivity index (χ1n) is 18.7. The van der Waals surface area contributed by atoms with Crippen molar-refractivity contribution in [3.8, 4) is 5.75 Å². The highest BCUT2D eigenvalue weighted by atomic mass is 16.6. The highest BCUT2D eigenvalue weighted by molar-refractivity contribution is 5.91. The summed E-state index contributed by atoms with van der Waals surface area (Å²) in [7, 11) is 0. The molecule has 6 rings (SSSR count). The number of nitrogens with one attached hydrogen (secondary N) is 1. The van der Waals surface area contributed by atoms with Crippen LogP contribution in [0.4, 0.5) is 15.3 Å². The first kappa shape index (κ1) is 36.5. The number of urea groups is 1. The number of carbonyl (C=O) groups excluding carboxylic acids is 4. The van der Waals surface area contributed by atoms with Crippen LogP contribution < -0.4 is 5.32 Å². The van der Waals surface area contributed by atoms with Gasteiger partial charge >= 0.3 is 18.1 Å². The van der Waals surface area contributed by atoms with E-state index in [2.05, 4.69) is 10.2 Å². The van der Waals surface area contributed by atoms with Gasteiger partial charge in [-0.15, -0.1) is 0 Å². The molecule has 3 fully saturated rings. The zero-order valence-corrected chi connectivity index (χ0v) is 30.3. The van der Waals surface area contributed by atoms with Crippen LogP contribution in [0, 0.1) is 19.8 Å². The molecule has 4 amide bonds. The van der Waals surface area contributed by atoms with E-state index in [1.54, 1.807) is 9.80 Å². The molecule has 1 aliphatic carbocycles. The zero-order chi connectivity index (χ0) is 36.1. The van der Waals surface area contributed by atoms with Crippen molar-refractivity contribution in [2.75, 3.05) is 51.3 Å². The van der Waals surface area contributed by atoms with Gasteiger partial charge in [0.2, 0.25) is 0 Å². The fourth-order valence-electron chi connectivity index (χ4n) is 8.31. The number of phenols is 1. The first-order valence-corrected chi connectivity index (χ1v) is 18.7. The number of piperidine rings is 1. The lowest BCUT2D eigenvalue weighted by Gasteiger charge is -2.38. The SMILES string of the molecule is CCOC(=O)CC1CCC(N2CCN(C(=O)[C@@H](Cc3cc(C)c(O)c(C)c3)OC(=O)N3CCC(N4CCc5ccccc5NC4=O)CC3)C2)CC1. The fourth-order valence-corrected chi connectivity index (χ4v) is 8.31. The number of phenolic OH excluding ortho intramolecular Hbond substituents is 1. The van der Waals surface area contributed by atoms with Crippen LogP contribution in [0.25, 0.3) is 0 Å². The number of para-hydroxylation sites is 1. The smallest absolute Gasteiger partial charge is 0.410 e. The molecule has 276 valence electrons. The molecule has 0 aromatic heterocycles. The van der Waals surface area contributed by atoms with E-state index in [9.17, 15) is 24.3 Å². The molecule has 0 bridgehead atoms. The number of benzene rings is 2. The first-order chi connectivity index (χ1) is 24.6. The maximum atomic E-state index is 14.1. The zero-order valence-electron chi connectivity index (χ0n) is 30.3. The third-order valence-corrected chi connectivity index (χ3v) is 11.2. The van der Waals surface area contributed by atoms with E-state index < -0.39 is 12.2 Å². The highest BCUT2D eigenvalue weighted by Gasteiger charge is 2.38. The van der Waals surface area contributed by atoms with Gasteiger partial charge in [-0.1, -0.05) is 30.3 Å². The average Bonchev–Trinajstić information content (AvgIpc) is 3.55. The van der Waals surface area contributed by atoms with Crippen molar-refractivity contribution in [2.24, 2.45) is 5.92 Å². The van der Waals surface area contributed by atoms with Crippen molar-refractivity contribution in [3.05, 3.63) is 58.7 Å². The van der Waals surface area contributed by atoms with Gasteiger partial charge in [0.25, 0.3) is 5.91 Å². The summed E-state index contributed by atoms with van der Waals surface area (Å²) in [5, 5.41) is 13.4. The van der Waals surface area contributed by atoms with Gasteiger partial charge < -0.3 is 34.6 Å². The molecule has 2 N–H and O–H groups in total. The maximum Gasteiger partial charge on any atom is 0.410 e. The highest BCUT2D eigenvalue weighted by Crippen LogP contribution is 2.32. The van der Waals surface area contributed by atoms with E-state index in [0.29, 0.717) is 81.8 Å². The summed E-state index contributed by atoms with van der Waals surface area (Å²) >= 11 is 0. The van der Waals surface area contributed by atoms with Gasteiger partial charge in [-0.25, -0.2) is 9.59 Å². The Morgan fingerprint density at radius 1 is 0.902 bits per heavy atom. The Morgan fingerprint density at radius 2 is 1.61 bits per heavy atom. The number of esters is 1. The molecule has 51 heavy (non-hydrogen) atoms. The molecule has 0 radical (unpaired) electrons. The second-order valence-corrected chi connectivity index (χ2v) is 14.6. The summed E-state index contributed by atoms with van der Waals surface area (Å²) in [6.07, 6.45) is 4.99. The number of aromatic hydroxyl groups is 1. The van der Waals surface area contributed by atoms with Crippen molar-refractivity contribution in [1.82, 2.24) is 19.6 Å². The quantitative estimate of drug-likeness (QED) is 0.340. The predicted molar refractivity (Wildman–Crippen MR) is 192 cm³/mol. The maximum absolute atomic E-state index is 14.1. The molecule has 3 heterocycles. The van der Waals surface area contributed by atoms with E-state index in [1.165, 1.54) is 0 Å². The molecule has 0 spiro atoms. The monoisotopic (exact) mass is 703 g/mol. The normalized spacial score (nSPS) is 22.2. The molecule has 4 aliphatic rings. The summed E-state index contributed by atoms with van der Waals surface area (Å²) in [5.74, 6) is 0.209. The van der Waals surface area contributed by atoms with Crippen LogP contribution >= 0.6 is 0 Å². The summed E-state index contributed by atoms with van der Waals surface area (Å²) in [6, 6.07) is 11.8. The Labute approximate surface area is 301 Å². The Kier molecular flexibility index (Phi) is 11.7. The van der Waals surface area contributed by atoms with Crippen molar-refractivity contribution in [1.29, 1.82) is 0 Å². The molecule has 2 aromatic carbocycles. The van der Waals surface area contributed by atoms with Gasteiger partial charge in [0.05, 0.1) is 13.3 Å². The fraction of sp³-hybridized carbons (Fsp3) is 0.590. The Balaban J connectivity index is 1.07. The van der Waals surface area contributed by atoms with Gasteiger partial charge in [-0.2, -0.15) is 0 Å². The number of anilines is 1. The standard InChI is InChI=1S/C39H53N5O7/c1-4-50-35(45)24-28-9-11-31(12-10-28)42-19-20-43(25-42)37(47)34(23-29-21-26(2)36(46)27(3)22-29)51-39(49)41-16-14-32(15-17-41)44-18-13-30-7-5-6-8-33(30)40-38(44)48/h5-8,21-22,28,31-32,34,46H,4,9-20,23-25H2,1-3H3,(H,40,48)/t28?,31?,34-/m1/s1. The third-order valence-electron chi connectivity index (χ3n) is 11.2. The van der Waals surface area contributed by atoms with Gasteiger partial charge in [0, 0.05) is 63.3 Å². The van der Waals surface area contributed by atoms with E-state index in [4.69, 9.17) is 9.47 Å². The van der Waals surface area contributed by atoms with Crippen LogP contribution in [0.2, 0.25) is 0 Å². The lowest BCUT2D eigenvalue weighted by atomic mass is 9.83. The minimum atomic E-state index is -1.02. The Hall–Kier alpha value is -4.32. The number of hydrogen-bond acceptors (Lipinski definition) is 8. The summed E-state index contributed by atoms with van der Waals surface area (Å²) in [6.45, 7) is 9.11. The second-order valence-electron chi connectivity index (χ2n) is 14.6. The molecular formula is C39H53N5O7. The number of rotatable bonds is 9. The largest absolute Gasteiger partial charge is 0.507 e. The molecule has 1 saturated carbocycles. The average molecular weight is 704 g/mol. The lowest BCUT2D eigenvalue weighted by Crippen LogP contribution is -2.51. The Bertz CT molecular complexity index is 1560. The van der Waals surface area contributed by atoms with Gasteiger partial charge in [-0.3, -0.25) is 14.5 Å². The topological polar surface area (TPSA) is 132 Å². The number of fused-ring (bicyclic) bond motifs is 1. The van der Waals surface area contributed by atoms with Crippen LogP contribution in [0.1, 0.15) is 74.1 Å². The van der Waals surface area contributed by atoms with Gasteiger partial charge in [0.1, 0.15) is 5.75 Å². The van der Waals surface area contributed by atoms with Crippen LogP contribution in [-0.2, 0) is 31.9 Å². The second kappa shape index (κ2) is 16.4. The summed E-state index contributed by atoms with van der Waals surface area (Å²) in [4.78, 5) is 60.6. The number of hydrogen-bond donors (Lipinski definition) is 2. The van der Waals surface area contributed by atoms with E-state index in [1.807, 2.05) is 62.1 Å². The predicted octanol–water partition coefficient (Wildman–Crippen LogP) is 5.23. The van der Waals surface area contributed by atoms with Crippen molar-refractivity contribution in [3.63, 3.8) is 0 Å². The molecule has 3 aliphatic heterocycles. The molecule has 2 aromatic rings. The minimum absolute atomic E-state index is 0.000417. The van der Waals surface area contributed by atoms with E-state index in [-0.39, 0.29) is 36.1 Å². The number of ether oxygens (including phenoxy) is 2. The number of amides is 4. The lowest BCUT2D eigenvalue weighted by molar-refractivity contribution is -0.144. The van der Waals surface area contributed by atoms with Crippen molar-refractivity contribution >= 4 is 29.7 Å². The molecule has 1 atom stereocenters.